The minimum absolute atomic E-state index is 0.144. The zero-order valence-electron chi connectivity index (χ0n) is 14.1. The van der Waals surface area contributed by atoms with Crippen LogP contribution in [-0.4, -0.2) is 71.2 Å². The number of para-hydroxylation sites is 1. The Kier molecular flexibility index (Phi) is 7.23. The van der Waals surface area contributed by atoms with Gasteiger partial charge in [-0.15, -0.1) is 0 Å². The molecule has 0 saturated carbocycles. The molecule has 0 fully saturated rings. The Morgan fingerprint density at radius 3 is 2.00 bits per heavy atom. The number of aliphatic hydroxyl groups is 4. The first-order chi connectivity index (χ1) is 12.3. The van der Waals surface area contributed by atoms with Crippen molar-refractivity contribution in [2.24, 2.45) is 4.99 Å². The Hall–Kier alpha value is -1.86. The van der Waals surface area contributed by atoms with Crippen LogP contribution in [0.1, 0.15) is 22.8 Å². The van der Waals surface area contributed by atoms with Gasteiger partial charge in [0.1, 0.15) is 0 Å². The van der Waals surface area contributed by atoms with Crippen molar-refractivity contribution in [1.29, 1.82) is 0 Å². The summed E-state index contributed by atoms with van der Waals surface area (Å²) < 4.78 is 0.443. The number of ketones is 1. The molecule has 0 amide bonds. The maximum absolute atomic E-state index is 12.6. The van der Waals surface area contributed by atoms with Crippen LogP contribution in [0.4, 0.5) is 5.69 Å². The van der Waals surface area contributed by atoms with E-state index in [1.807, 2.05) is 18.2 Å². The SMILES string of the molecule is C[C@@H](O)[C@@H](O)[C@H](O)[C@@H](O)C(=O)c1ccccc1C([Se])=Nc1ccccc1. The van der Waals surface area contributed by atoms with Gasteiger partial charge in [0, 0.05) is 0 Å². The number of benzene rings is 2. The Labute approximate surface area is 159 Å². The molecule has 6 nitrogen and oxygen atoms in total. The third kappa shape index (κ3) is 4.86. The standard InChI is InChI=1S/C19H20NO5Se/c1-11(21)15(22)17(24)18(25)16(23)13-9-5-6-10-14(13)19(26)20-12-7-3-2-4-8-12/h2-11,15,17-18,21-22,24-25H,1H3/t11-,15-,17+,18+/m1/s1. The van der Waals surface area contributed by atoms with Gasteiger partial charge in [-0.05, 0) is 0 Å². The van der Waals surface area contributed by atoms with Crippen LogP contribution in [0.3, 0.4) is 0 Å². The molecule has 0 aliphatic heterocycles. The van der Waals surface area contributed by atoms with Crippen LogP contribution >= 0.6 is 0 Å². The fourth-order valence-electron chi connectivity index (χ4n) is 2.35. The van der Waals surface area contributed by atoms with Gasteiger partial charge in [0.25, 0.3) is 0 Å². The third-order valence-electron chi connectivity index (χ3n) is 3.85. The van der Waals surface area contributed by atoms with E-state index in [1.54, 1.807) is 30.3 Å². The molecule has 0 unspecified atom stereocenters. The van der Waals surface area contributed by atoms with Gasteiger partial charge in [-0.3, -0.25) is 0 Å². The van der Waals surface area contributed by atoms with Crippen LogP contribution in [0.5, 0.6) is 0 Å². The number of aliphatic hydroxyl groups excluding tert-OH is 4. The number of Topliss-reactive ketones (excluding diaryl/α,β-unsaturated/α-hetero) is 1. The molecule has 0 saturated heterocycles. The fourth-order valence-corrected chi connectivity index (χ4v) is 2.95. The quantitative estimate of drug-likeness (QED) is 0.297. The van der Waals surface area contributed by atoms with E-state index in [0.717, 1.165) is 0 Å². The van der Waals surface area contributed by atoms with Crippen LogP contribution in [0.25, 0.3) is 0 Å². The van der Waals surface area contributed by atoms with Crippen molar-refractivity contribution in [3.63, 3.8) is 0 Å². The summed E-state index contributed by atoms with van der Waals surface area (Å²) in [7, 11) is 0. The van der Waals surface area contributed by atoms with E-state index < -0.39 is 30.2 Å². The van der Waals surface area contributed by atoms with E-state index in [0.29, 0.717) is 15.9 Å². The van der Waals surface area contributed by atoms with Gasteiger partial charge in [-0.25, -0.2) is 0 Å². The van der Waals surface area contributed by atoms with Crippen molar-refractivity contribution in [2.75, 3.05) is 0 Å². The molecule has 2 rings (SSSR count). The summed E-state index contributed by atoms with van der Waals surface area (Å²) in [4.78, 5) is 17.0. The average molecular weight is 421 g/mol. The van der Waals surface area contributed by atoms with Crippen molar-refractivity contribution in [3.05, 3.63) is 65.7 Å². The molecule has 7 heteroatoms. The molecule has 0 heterocycles. The van der Waals surface area contributed by atoms with Crippen molar-refractivity contribution in [3.8, 4) is 0 Å². The number of hydrogen-bond donors (Lipinski definition) is 4. The Morgan fingerprint density at radius 2 is 1.42 bits per heavy atom. The molecular weight excluding hydrogens is 401 g/mol. The molecule has 1 radical (unpaired) electrons. The molecule has 0 aliphatic carbocycles. The zero-order chi connectivity index (χ0) is 19.3. The molecular formula is C19H20NO5Se. The second-order valence-corrected chi connectivity index (χ2v) is 6.64. The summed E-state index contributed by atoms with van der Waals surface area (Å²) in [5, 5.41) is 39.1. The molecule has 0 spiro atoms. The minimum atomic E-state index is -1.88. The van der Waals surface area contributed by atoms with Gasteiger partial charge in [0.15, 0.2) is 0 Å². The molecule has 4 atom stereocenters. The molecule has 137 valence electrons. The molecule has 0 aliphatic rings. The topological polar surface area (TPSA) is 110 Å². The van der Waals surface area contributed by atoms with Gasteiger partial charge >= 0.3 is 159 Å². The average Bonchev–Trinajstić information content (AvgIpc) is 2.66. The summed E-state index contributed by atoms with van der Waals surface area (Å²) in [6.45, 7) is 1.25. The first-order valence-electron chi connectivity index (χ1n) is 7.99. The van der Waals surface area contributed by atoms with E-state index >= 15 is 0 Å². The van der Waals surface area contributed by atoms with Crippen LogP contribution in [0.2, 0.25) is 0 Å². The van der Waals surface area contributed by atoms with Crippen molar-refractivity contribution < 1.29 is 25.2 Å². The third-order valence-corrected chi connectivity index (χ3v) is 4.50. The van der Waals surface area contributed by atoms with Crippen LogP contribution < -0.4 is 0 Å². The van der Waals surface area contributed by atoms with E-state index in [-0.39, 0.29) is 5.56 Å². The molecule has 0 bridgehead atoms. The van der Waals surface area contributed by atoms with E-state index in [9.17, 15) is 25.2 Å². The van der Waals surface area contributed by atoms with Crippen molar-refractivity contribution in [1.82, 2.24) is 0 Å². The molecule has 2 aromatic carbocycles. The van der Waals surface area contributed by atoms with E-state index in [2.05, 4.69) is 21.0 Å². The Morgan fingerprint density at radius 1 is 0.885 bits per heavy atom. The van der Waals surface area contributed by atoms with E-state index in [4.69, 9.17) is 0 Å². The number of carbonyl (C=O) groups excluding carboxylic acids is 1. The second-order valence-electron chi connectivity index (χ2n) is 5.83. The number of aliphatic imine (C=N–C) groups is 1. The first-order valence-corrected chi connectivity index (χ1v) is 8.85. The molecule has 4 N–H and O–H groups in total. The van der Waals surface area contributed by atoms with Crippen molar-refractivity contribution >= 4 is 32.1 Å². The number of nitrogens with zero attached hydrogens (tertiary/aromatic N) is 1. The molecule has 2 aromatic rings. The van der Waals surface area contributed by atoms with Crippen LogP contribution in [-0.2, 0) is 0 Å². The maximum atomic E-state index is 12.6. The van der Waals surface area contributed by atoms with Gasteiger partial charge < -0.3 is 0 Å². The summed E-state index contributed by atoms with van der Waals surface area (Å²) in [5.74, 6) is -0.774. The number of rotatable bonds is 7. The van der Waals surface area contributed by atoms with Gasteiger partial charge in [-0.1, -0.05) is 0 Å². The Bertz CT molecular complexity index is 779. The first kappa shape index (κ1) is 20.5. The second kappa shape index (κ2) is 9.19. The van der Waals surface area contributed by atoms with Crippen molar-refractivity contribution in [2.45, 2.75) is 31.3 Å². The fraction of sp³-hybridized carbons (Fsp3) is 0.263. The van der Waals surface area contributed by atoms with E-state index in [1.165, 1.54) is 13.0 Å². The summed E-state index contributed by atoms with van der Waals surface area (Å²) >= 11 is 2.81. The number of carbonyl (C=O) groups is 1. The normalized spacial score (nSPS) is 16.6. The van der Waals surface area contributed by atoms with Gasteiger partial charge in [0.05, 0.1) is 0 Å². The van der Waals surface area contributed by atoms with Crippen LogP contribution in [0.15, 0.2) is 59.6 Å². The van der Waals surface area contributed by atoms with Gasteiger partial charge in [-0.2, -0.15) is 0 Å². The Balaban J connectivity index is 2.34. The predicted molar refractivity (Wildman–Crippen MR) is 98.9 cm³/mol. The summed E-state index contributed by atoms with van der Waals surface area (Å²) in [5.41, 5.74) is 1.29. The molecule has 0 aromatic heterocycles. The predicted octanol–water partition coefficient (Wildman–Crippen LogP) is 0.580. The summed E-state index contributed by atoms with van der Waals surface area (Å²) in [6, 6.07) is 15.6. The van der Waals surface area contributed by atoms with Gasteiger partial charge in [0.2, 0.25) is 0 Å². The van der Waals surface area contributed by atoms with Crippen LogP contribution in [0, 0.1) is 0 Å². The monoisotopic (exact) mass is 422 g/mol. The molecule has 26 heavy (non-hydrogen) atoms. The number of hydrogen-bond acceptors (Lipinski definition) is 6. The summed E-state index contributed by atoms with van der Waals surface area (Å²) in [6.07, 6.45) is -6.64. The zero-order valence-corrected chi connectivity index (χ0v) is 15.8.